The number of hydrogen-bond acceptors (Lipinski definition) is 5. The van der Waals surface area contributed by atoms with E-state index in [0.717, 1.165) is 0 Å². The van der Waals surface area contributed by atoms with Gasteiger partial charge in [0.25, 0.3) is 5.91 Å². The van der Waals surface area contributed by atoms with Crippen molar-refractivity contribution >= 4 is 23.3 Å². The van der Waals surface area contributed by atoms with E-state index in [-0.39, 0.29) is 18.0 Å². The molecule has 1 aliphatic heterocycles. The second-order valence-corrected chi connectivity index (χ2v) is 7.79. The second-order valence-electron chi connectivity index (χ2n) is 7.79. The Morgan fingerprint density at radius 2 is 1.97 bits per heavy atom. The first-order chi connectivity index (χ1) is 14.8. The lowest BCUT2D eigenvalue weighted by atomic mass is 10.1. The van der Waals surface area contributed by atoms with Crippen LogP contribution < -0.4 is 5.32 Å². The summed E-state index contributed by atoms with van der Waals surface area (Å²) in [6.07, 6.45) is 1.67. The average Bonchev–Trinajstić information content (AvgIpc) is 3.16. The van der Waals surface area contributed by atoms with Crippen molar-refractivity contribution in [2.45, 2.75) is 6.04 Å². The standard InChI is InChI=1S/C21H24FN7O2/c1-26(2)21(31)28-10-9-27(3)17(13-28)19-25-24-18-8-7-14(12-29(18)19)20(30)23-16-6-4-5-15(22)11-16/h4-8,11-12,17H,9-10,13H2,1-3H3,(H,23,30). The van der Waals surface area contributed by atoms with E-state index in [4.69, 9.17) is 0 Å². The maximum absolute atomic E-state index is 13.4. The van der Waals surface area contributed by atoms with Crippen LogP contribution in [0.25, 0.3) is 5.65 Å². The molecule has 1 N–H and O–H groups in total. The molecule has 2 aromatic heterocycles. The summed E-state index contributed by atoms with van der Waals surface area (Å²) < 4.78 is 15.2. The number of pyridine rings is 1. The Morgan fingerprint density at radius 3 is 2.71 bits per heavy atom. The van der Waals surface area contributed by atoms with Crippen LogP contribution in [-0.4, -0.2) is 82.0 Å². The van der Waals surface area contributed by atoms with Crippen LogP contribution in [0.5, 0.6) is 0 Å². The zero-order valence-electron chi connectivity index (χ0n) is 17.6. The Morgan fingerprint density at radius 1 is 1.16 bits per heavy atom. The van der Waals surface area contributed by atoms with E-state index >= 15 is 0 Å². The van der Waals surface area contributed by atoms with Gasteiger partial charge in [-0.25, -0.2) is 9.18 Å². The molecule has 3 heterocycles. The molecule has 1 unspecified atom stereocenters. The number of urea groups is 1. The molecule has 3 amide bonds. The van der Waals surface area contributed by atoms with Crippen molar-refractivity contribution in [3.8, 4) is 0 Å². The Labute approximate surface area is 179 Å². The Balaban J connectivity index is 1.62. The number of hydrogen-bond donors (Lipinski definition) is 1. The van der Waals surface area contributed by atoms with E-state index in [1.807, 2.05) is 7.05 Å². The third kappa shape index (κ3) is 4.19. The number of nitrogens with one attached hydrogen (secondary N) is 1. The third-order valence-electron chi connectivity index (χ3n) is 5.37. The highest BCUT2D eigenvalue weighted by Crippen LogP contribution is 2.24. The SMILES string of the molecule is CN(C)C(=O)N1CCN(C)C(c2nnc3ccc(C(=O)Nc4cccc(F)c4)cn23)C1. The Bertz CT molecular complexity index is 1130. The van der Waals surface area contributed by atoms with E-state index < -0.39 is 5.82 Å². The molecule has 31 heavy (non-hydrogen) atoms. The molecular weight excluding hydrogens is 401 g/mol. The predicted molar refractivity (Wildman–Crippen MR) is 113 cm³/mol. The van der Waals surface area contributed by atoms with Gasteiger partial charge in [-0.15, -0.1) is 10.2 Å². The second kappa shape index (κ2) is 8.31. The molecule has 1 saturated heterocycles. The van der Waals surface area contributed by atoms with Crippen LogP contribution in [0.15, 0.2) is 42.6 Å². The van der Waals surface area contributed by atoms with Gasteiger partial charge >= 0.3 is 6.03 Å². The molecule has 3 aromatic rings. The predicted octanol–water partition coefficient (Wildman–Crippen LogP) is 2.09. The highest BCUT2D eigenvalue weighted by molar-refractivity contribution is 6.04. The van der Waals surface area contributed by atoms with Gasteiger partial charge in [0.15, 0.2) is 11.5 Å². The molecule has 162 valence electrons. The van der Waals surface area contributed by atoms with Crippen LogP contribution in [0.1, 0.15) is 22.2 Å². The van der Waals surface area contributed by atoms with Crippen LogP contribution in [-0.2, 0) is 0 Å². The van der Waals surface area contributed by atoms with Crippen LogP contribution in [0.2, 0.25) is 0 Å². The van der Waals surface area contributed by atoms with E-state index in [2.05, 4.69) is 20.4 Å². The summed E-state index contributed by atoms with van der Waals surface area (Å²) in [5, 5.41) is 11.3. The van der Waals surface area contributed by atoms with Crippen molar-refractivity contribution in [1.82, 2.24) is 29.3 Å². The minimum absolute atomic E-state index is 0.0536. The monoisotopic (exact) mass is 425 g/mol. The number of carbonyl (C=O) groups excluding carboxylic acids is 2. The lowest BCUT2D eigenvalue weighted by Gasteiger charge is -2.39. The first kappa shape index (κ1) is 20.7. The summed E-state index contributed by atoms with van der Waals surface area (Å²) in [5.41, 5.74) is 1.36. The minimum atomic E-state index is -0.425. The normalized spacial score (nSPS) is 17.0. The van der Waals surface area contributed by atoms with E-state index in [1.54, 1.807) is 52.7 Å². The highest BCUT2D eigenvalue weighted by atomic mass is 19.1. The number of piperazine rings is 1. The smallest absolute Gasteiger partial charge is 0.319 e. The molecule has 0 bridgehead atoms. The van der Waals surface area contributed by atoms with Crippen molar-refractivity contribution in [1.29, 1.82) is 0 Å². The number of anilines is 1. The third-order valence-corrected chi connectivity index (χ3v) is 5.37. The Hall–Kier alpha value is -3.53. The van der Waals surface area contributed by atoms with Gasteiger partial charge in [0.1, 0.15) is 5.82 Å². The average molecular weight is 425 g/mol. The summed E-state index contributed by atoms with van der Waals surface area (Å²) in [4.78, 5) is 30.6. The van der Waals surface area contributed by atoms with Gasteiger partial charge in [0.05, 0.1) is 11.6 Å². The van der Waals surface area contributed by atoms with Crippen LogP contribution in [0.4, 0.5) is 14.9 Å². The number of fused-ring (bicyclic) bond motifs is 1. The van der Waals surface area contributed by atoms with Crippen LogP contribution in [0.3, 0.4) is 0 Å². The summed E-state index contributed by atoms with van der Waals surface area (Å²) in [6, 6.07) is 8.86. The molecule has 1 aliphatic rings. The quantitative estimate of drug-likeness (QED) is 0.695. The summed E-state index contributed by atoms with van der Waals surface area (Å²) in [6.45, 7) is 1.79. The zero-order chi connectivity index (χ0) is 22.1. The lowest BCUT2D eigenvalue weighted by Crippen LogP contribution is -2.52. The topological polar surface area (TPSA) is 86.1 Å². The number of aromatic nitrogens is 3. The largest absolute Gasteiger partial charge is 0.331 e. The number of amides is 3. The minimum Gasteiger partial charge on any atom is -0.331 e. The van der Waals surface area contributed by atoms with Gasteiger partial charge in [-0.1, -0.05) is 6.07 Å². The van der Waals surface area contributed by atoms with Crippen LogP contribution >= 0.6 is 0 Å². The van der Waals surface area contributed by atoms with Gasteiger partial charge in [0.2, 0.25) is 0 Å². The maximum Gasteiger partial charge on any atom is 0.319 e. The first-order valence-electron chi connectivity index (χ1n) is 9.91. The molecule has 0 radical (unpaired) electrons. The molecule has 1 atom stereocenters. The van der Waals surface area contributed by atoms with E-state index in [0.29, 0.717) is 42.4 Å². The van der Waals surface area contributed by atoms with Gasteiger partial charge in [-0.05, 0) is 37.4 Å². The van der Waals surface area contributed by atoms with E-state index in [9.17, 15) is 14.0 Å². The van der Waals surface area contributed by atoms with Crippen LogP contribution in [0, 0.1) is 5.82 Å². The van der Waals surface area contributed by atoms with Crippen molar-refractivity contribution in [2.24, 2.45) is 0 Å². The zero-order valence-corrected chi connectivity index (χ0v) is 17.6. The number of benzene rings is 1. The molecule has 4 rings (SSSR count). The fourth-order valence-corrected chi connectivity index (χ4v) is 3.65. The molecule has 0 saturated carbocycles. The molecule has 1 fully saturated rings. The van der Waals surface area contributed by atoms with Crippen molar-refractivity contribution < 1.29 is 14.0 Å². The van der Waals surface area contributed by atoms with Gasteiger partial charge < -0.3 is 15.1 Å². The Kier molecular flexibility index (Phi) is 5.55. The fraction of sp³-hybridized carbons (Fsp3) is 0.333. The molecule has 9 nitrogen and oxygen atoms in total. The molecule has 1 aromatic carbocycles. The highest BCUT2D eigenvalue weighted by Gasteiger charge is 2.32. The number of nitrogens with zero attached hydrogens (tertiary/aromatic N) is 6. The van der Waals surface area contributed by atoms with Crippen molar-refractivity contribution in [3.05, 3.63) is 59.8 Å². The van der Waals surface area contributed by atoms with Gasteiger partial charge in [-0.2, -0.15) is 0 Å². The molecule has 0 spiro atoms. The number of halogens is 1. The van der Waals surface area contributed by atoms with Crippen molar-refractivity contribution in [2.75, 3.05) is 46.1 Å². The number of rotatable bonds is 3. The van der Waals surface area contributed by atoms with Gasteiger partial charge in [-0.3, -0.25) is 14.1 Å². The molecule has 10 heteroatoms. The summed E-state index contributed by atoms with van der Waals surface area (Å²) >= 11 is 0. The summed E-state index contributed by atoms with van der Waals surface area (Å²) in [5.74, 6) is -0.144. The first-order valence-corrected chi connectivity index (χ1v) is 9.91. The number of likely N-dealkylation sites (N-methyl/N-ethyl adjacent to an activating group) is 1. The lowest BCUT2D eigenvalue weighted by molar-refractivity contribution is 0.0933. The fourth-order valence-electron chi connectivity index (χ4n) is 3.65. The van der Waals surface area contributed by atoms with E-state index in [1.165, 1.54) is 18.2 Å². The maximum atomic E-state index is 13.4. The van der Waals surface area contributed by atoms with Gasteiger partial charge in [0, 0.05) is 45.6 Å². The summed E-state index contributed by atoms with van der Waals surface area (Å²) in [7, 11) is 5.43. The molecule has 0 aliphatic carbocycles. The van der Waals surface area contributed by atoms with Crippen molar-refractivity contribution in [3.63, 3.8) is 0 Å². The number of carbonyl (C=O) groups is 2. The molecular formula is C21H24FN7O2.